The third-order valence-electron chi connectivity index (χ3n) is 8.79. The van der Waals surface area contributed by atoms with Crippen molar-refractivity contribution in [3.8, 4) is 22.6 Å². The molecule has 3 aliphatic rings. The van der Waals surface area contributed by atoms with Gasteiger partial charge in [0, 0.05) is 30.8 Å². The normalized spacial score (nSPS) is 17.7. The average Bonchev–Trinajstić information content (AvgIpc) is 3.34. The first-order chi connectivity index (χ1) is 20.1. The van der Waals surface area contributed by atoms with Gasteiger partial charge in [-0.15, -0.1) is 0 Å². The van der Waals surface area contributed by atoms with Crippen LogP contribution in [0.15, 0.2) is 96.0 Å². The molecule has 206 valence electrons. The summed E-state index contributed by atoms with van der Waals surface area (Å²) in [5.41, 5.74) is 13.9. The largest absolute Gasteiger partial charge is 0.457 e. The van der Waals surface area contributed by atoms with Gasteiger partial charge >= 0.3 is 0 Å². The van der Waals surface area contributed by atoms with E-state index in [1.54, 1.807) is 0 Å². The fourth-order valence-corrected chi connectivity index (χ4v) is 6.65. The van der Waals surface area contributed by atoms with Crippen molar-refractivity contribution < 1.29 is 9.53 Å². The van der Waals surface area contributed by atoms with E-state index in [-0.39, 0.29) is 11.9 Å². The molecule has 6 heteroatoms. The molecule has 2 N–H and O–H groups in total. The molecular weight excluding hydrogens is 508 g/mol. The Balaban J connectivity index is 1.23. The van der Waals surface area contributed by atoms with Crippen molar-refractivity contribution in [3.05, 3.63) is 113 Å². The summed E-state index contributed by atoms with van der Waals surface area (Å²) in [5.74, 6) is 2.11. The monoisotopic (exact) mass is 542 g/mol. The highest BCUT2D eigenvalue weighted by molar-refractivity contribution is 5.96. The number of nitrogens with two attached hydrogens (primary N) is 1. The van der Waals surface area contributed by atoms with E-state index in [0.29, 0.717) is 18.5 Å². The summed E-state index contributed by atoms with van der Waals surface area (Å²) in [6.45, 7) is 0.579. The summed E-state index contributed by atoms with van der Waals surface area (Å²) in [6.07, 6.45) is 5.81. The first-order valence-electron chi connectivity index (χ1n) is 14.5. The van der Waals surface area contributed by atoms with E-state index in [4.69, 9.17) is 15.5 Å². The number of hydrogen-bond acceptors (Lipinski definition) is 5. The standard InChI is InChI=1S/C35H34N4O2/c1-38(25-10-4-2-5-11-25)34(40)23-16-18-29-28-14-8-9-15-30(28)33(31(29)21-23)39-22-24-20-27(17-19-32(24)37-35(39)36)41-26-12-6-3-7-13-26/h3,6-9,12-21,25,33H,2,4-5,10-11,22H2,1H3,(H2,36,37). The van der Waals surface area contributed by atoms with Crippen LogP contribution in [0.3, 0.4) is 0 Å². The molecule has 2 aliphatic carbocycles. The number of fused-ring (bicyclic) bond motifs is 4. The van der Waals surface area contributed by atoms with Gasteiger partial charge in [0.15, 0.2) is 5.96 Å². The van der Waals surface area contributed by atoms with Gasteiger partial charge in [-0.1, -0.05) is 67.8 Å². The van der Waals surface area contributed by atoms with Crippen LogP contribution in [0, 0.1) is 0 Å². The van der Waals surface area contributed by atoms with Crippen molar-refractivity contribution >= 4 is 17.6 Å². The number of hydrogen-bond donors (Lipinski definition) is 1. The van der Waals surface area contributed by atoms with Gasteiger partial charge in [0.2, 0.25) is 0 Å². The quantitative estimate of drug-likeness (QED) is 0.285. The van der Waals surface area contributed by atoms with Gasteiger partial charge in [-0.25, -0.2) is 4.99 Å². The molecule has 41 heavy (non-hydrogen) atoms. The van der Waals surface area contributed by atoms with Gasteiger partial charge in [0.05, 0.1) is 11.7 Å². The molecule has 1 saturated carbocycles. The average molecular weight is 543 g/mol. The molecule has 0 aromatic heterocycles. The number of benzene rings is 4. The van der Waals surface area contributed by atoms with E-state index >= 15 is 0 Å². The minimum Gasteiger partial charge on any atom is -0.457 e. The highest BCUT2D eigenvalue weighted by Crippen LogP contribution is 2.48. The highest BCUT2D eigenvalue weighted by Gasteiger charge is 2.36. The fourth-order valence-electron chi connectivity index (χ4n) is 6.65. The van der Waals surface area contributed by atoms with E-state index in [0.717, 1.165) is 52.3 Å². The Morgan fingerprint density at radius 2 is 1.61 bits per heavy atom. The van der Waals surface area contributed by atoms with Crippen LogP contribution < -0.4 is 10.5 Å². The first-order valence-corrected chi connectivity index (χ1v) is 14.5. The van der Waals surface area contributed by atoms with E-state index < -0.39 is 0 Å². The molecule has 1 unspecified atom stereocenters. The van der Waals surface area contributed by atoms with Gasteiger partial charge in [-0.05, 0) is 77.6 Å². The van der Waals surface area contributed by atoms with Crippen LogP contribution in [-0.4, -0.2) is 34.8 Å². The summed E-state index contributed by atoms with van der Waals surface area (Å²) >= 11 is 0. The van der Waals surface area contributed by atoms with Crippen molar-refractivity contribution in [2.24, 2.45) is 10.7 Å². The predicted molar refractivity (Wildman–Crippen MR) is 162 cm³/mol. The van der Waals surface area contributed by atoms with Crippen LogP contribution in [0.4, 0.5) is 5.69 Å². The molecule has 0 spiro atoms. The molecule has 7 rings (SSSR count). The zero-order chi connectivity index (χ0) is 27.9. The van der Waals surface area contributed by atoms with Crippen LogP contribution in [-0.2, 0) is 6.54 Å². The summed E-state index contributed by atoms with van der Waals surface area (Å²) in [4.78, 5) is 22.6. The molecule has 1 heterocycles. The van der Waals surface area contributed by atoms with Crippen molar-refractivity contribution in [3.63, 3.8) is 0 Å². The topological polar surface area (TPSA) is 71.2 Å². The summed E-state index contributed by atoms with van der Waals surface area (Å²) in [5, 5.41) is 0. The number of amides is 1. The number of ether oxygens (including phenoxy) is 1. The van der Waals surface area contributed by atoms with Crippen LogP contribution in [0.1, 0.15) is 65.2 Å². The van der Waals surface area contributed by atoms with Gasteiger partial charge < -0.3 is 20.3 Å². The molecule has 0 saturated heterocycles. The van der Waals surface area contributed by atoms with E-state index in [2.05, 4.69) is 41.3 Å². The lowest BCUT2D eigenvalue weighted by molar-refractivity contribution is 0.0696. The van der Waals surface area contributed by atoms with Gasteiger partial charge in [0.1, 0.15) is 11.5 Å². The third-order valence-corrected chi connectivity index (χ3v) is 8.79. The van der Waals surface area contributed by atoms with E-state index in [1.165, 1.54) is 30.4 Å². The van der Waals surface area contributed by atoms with E-state index in [9.17, 15) is 4.79 Å². The summed E-state index contributed by atoms with van der Waals surface area (Å²) in [6, 6.07) is 30.5. The molecule has 0 radical (unpaired) electrons. The van der Waals surface area contributed by atoms with Crippen molar-refractivity contribution in [2.45, 2.75) is 50.7 Å². The van der Waals surface area contributed by atoms with Crippen molar-refractivity contribution in [1.82, 2.24) is 9.80 Å². The number of carbonyl (C=O) groups is 1. The van der Waals surface area contributed by atoms with Crippen molar-refractivity contribution in [2.75, 3.05) is 7.05 Å². The summed E-state index contributed by atoms with van der Waals surface area (Å²) < 4.78 is 6.12. The smallest absolute Gasteiger partial charge is 0.253 e. The molecule has 0 bridgehead atoms. The highest BCUT2D eigenvalue weighted by atomic mass is 16.5. The van der Waals surface area contributed by atoms with Crippen LogP contribution in [0.2, 0.25) is 0 Å². The third kappa shape index (κ3) is 4.63. The molecule has 6 nitrogen and oxygen atoms in total. The van der Waals surface area contributed by atoms with Crippen LogP contribution in [0.25, 0.3) is 11.1 Å². The van der Waals surface area contributed by atoms with Gasteiger partial charge in [0.25, 0.3) is 5.91 Å². The Bertz CT molecular complexity index is 1640. The molecule has 4 aromatic rings. The summed E-state index contributed by atoms with van der Waals surface area (Å²) in [7, 11) is 1.96. The molecule has 1 atom stereocenters. The molecular formula is C35H34N4O2. The molecule has 1 fully saturated rings. The van der Waals surface area contributed by atoms with Crippen molar-refractivity contribution in [1.29, 1.82) is 0 Å². The minimum absolute atomic E-state index is 0.0859. The lowest BCUT2D eigenvalue weighted by atomic mass is 9.93. The van der Waals surface area contributed by atoms with Crippen LogP contribution >= 0.6 is 0 Å². The Morgan fingerprint density at radius 1 is 0.854 bits per heavy atom. The van der Waals surface area contributed by atoms with Gasteiger partial charge in [-0.2, -0.15) is 0 Å². The Hall–Kier alpha value is -4.58. The zero-order valence-electron chi connectivity index (χ0n) is 23.3. The fraction of sp³-hybridized carbons (Fsp3) is 0.257. The molecule has 4 aromatic carbocycles. The maximum absolute atomic E-state index is 13.7. The Labute approximate surface area is 241 Å². The first kappa shape index (κ1) is 25.4. The maximum Gasteiger partial charge on any atom is 0.253 e. The molecule has 1 aliphatic heterocycles. The SMILES string of the molecule is CN(C(=O)c1ccc2c(c1)C(N1Cc3cc(Oc4ccccc4)ccc3N=C1N)c1ccccc1-2)C1CCCCC1. The number of rotatable bonds is 5. The number of aliphatic imine (C=N–C) groups is 1. The predicted octanol–water partition coefficient (Wildman–Crippen LogP) is 7.42. The maximum atomic E-state index is 13.7. The zero-order valence-corrected chi connectivity index (χ0v) is 23.3. The Morgan fingerprint density at radius 3 is 2.44 bits per heavy atom. The minimum atomic E-state index is -0.149. The lowest BCUT2D eigenvalue weighted by Gasteiger charge is -2.35. The number of carbonyl (C=O) groups excluding carboxylic acids is 1. The van der Waals surface area contributed by atoms with E-state index in [1.807, 2.05) is 66.5 Å². The number of nitrogens with zero attached hydrogens (tertiary/aromatic N) is 3. The Kier molecular flexibility index (Phi) is 6.46. The second-order valence-corrected chi connectivity index (χ2v) is 11.3. The second kappa shape index (κ2) is 10.4. The second-order valence-electron chi connectivity index (χ2n) is 11.3. The number of para-hydroxylation sites is 1. The van der Waals surface area contributed by atoms with Gasteiger partial charge in [-0.3, -0.25) is 4.79 Å². The van der Waals surface area contributed by atoms with Crippen LogP contribution in [0.5, 0.6) is 11.5 Å². The lowest BCUT2D eigenvalue weighted by Crippen LogP contribution is -2.41. The molecule has 1 amide bonds. The number of guanidine groups is 1.